The molecule has 1 saturated heterocycles. The summed E-state index contributed by atoms with van der Waals surface area (Å²) in [5.74, 6) is -0.291. The number of halogens is 1. The first-order chi connectivity index (χ1) is 15.0. The molecule has 0 atom stereocenters. The van der Waals surface area contributed by atoms with Crippen molar-refractivity contribution in [3.8, 4) is 0 Å². The predicted molar refractivity (Wildman–Crippen MR) is 131 cm³/mol. The van der Waals surface area contributed by atoms with Crippen LogP contribution in [-0.4, -0.2) is 34.9 Å². The SMILES string of the molecule is O=C(NC(=S)Nc1ccc(C(=O)N2CCCCCC2)cc1)c1sc2ccccc2c1Cl. The van der Waals surface area contributed by atoms with E-state index in [1.54, 1.807) is 24.3 Å². The summed E-state index contributed by atoms with van der Waals surface area (Å²) in [5.41, 5.74) is 1.35. The van der Waals surface area contributed by atoms with Crippen LogP contribution < -0.4 is 10.6 Å². The number of nitrogens with one attached hydrogen (secondary N) is 2. The molecule has 4 rings (SSSR count). The normalized spacial score (nSPS) is 14.2. The fourth-order valence-corrected chi connectivity index (χ4v) is 5.26. The molecule has 2 aromatic carbocycles. The molecule has 160 valence electrons. The quantitative estimate of drug-likeness (QED) is 0.481. The van der Waals surface area contributed by atoms with Crippen molar-refractivity contribution in [3.05, 3.63) is 64.0 Å². The van der Waals surface area contributed by atoms with Crippen molar-refractivity contribution in [1.82, 2.24) is 10.2 Å². The van der Waals surface area contributed by atoms with Gasteiger partial charge in [0.2, 0.25) is 0 Å². The first-order valence-corrected chi connectivity index (χ1v) is 11.8. The number of nitrogens with zero attached hydrogens (tertiary/aromatic N) is 1. The number of anilines is 1. The second-order valence-electron chi connectivity index (χ2n) is 7.43. The van der Waals surface area contributed by atoms with Gasteiger partial charge in [-0.3, -0.25) is 14.9 Å². The number of amides is 2. The van der Waals surface area contributed by atoms with Crippen LogP contribution in [0.2, 0.25) is 5.02 Å². The maximum absolute atomic E-state index is 12.7. The third-order valence-corrected chi connectivity index (χ3v) is 7.13. The Hall–Kier alpha value is -2.48. The van der Waals surface area contributed by atoms with E-state index in [4.69, 9.17) is 23.8 Å². The number of benzene rings is 2. The third-order valence-electron chi connectivity index (χ3n) is 5.25. The molecule has 0 saturated carbocycles. The van der Waals surface area contributed by atoms with E-state index in [0.29, 0.717) is 21.2 Å². The highest BCUT2D eigenvalue weighted by Crippen LogP contribution is 2.35. The number of carbonyl (C=O) groups is 2. The van der Waals surface area contributed by atoms with Gasteiger partial charge in [0, 0.05) is 34.4 Å². The van der Waals surface area contributed by atoms with E-state index >= 15 is 0 Å². The van der Waals surface area contributed by atoms with E-state index in [1.165, 1.54) is 24.2 Å². The Labute approximate surface area is 195 Å². The van der Waals surface area contributed by atoms with Gasteiger partial charge in [-0.1, -0.05) is 42.6 Å². The van der Waals surface area contributed by atoms with Crippen LogP contribution in [0.1, 0.15) is 45.7 Å². The lowest BCUT2D eigenvalue weighted by Crippen LogP contribution is -2.34. The minimum absolute atomic E-state index is 0.0590. The highest BCUT2D eigenvalue weighted by atomic mass is 35.5. The fraction of sp³-hybridized carbons (Fsp3) is 0.261. The van der Waals surface area contributed by atoms with Crippen molar-refractivity contribution in [2.75, 3.05) is 18.4 Å². The van der Waals surface area contributed by atoms with Gasteiger partial charge in [0.15, 0.2) is 5.11 Å². The van der Waals surface area contributed by atoms with E-state index in [1.807, 2.05) is 29.2 Å². The molecule has 1 aromatic heterocycles. The first kappa shape index (κ1) is 21.7. The number of rotatable bonds is 3. The van der Waals surface area contributed by atoms with Gasteiger partial charge in [-0.15, -0.1) is 11.3 Å². The average Bonchev–Trinajstić information content (AvgIpc) is 2.94. The van der Waals surface area contributed by atoms with Crippen LogP contribution >= 0.6 is 35.2 Å². The van der Waals surface area contributed by atoms with Crippen LogP contribution in [0.3, 0.4) is 0 Å². The molecule has 1 aliphatic heterocycles. The largest absolute Gasteiger partial charge is 0.339 e. The Kier molecular flexibility index (Phi) is 6.85. The van der Waals surface area contributed by atoms with Crippen molar-refractivity contribution in [1.29, 1.82) is 0 Å². The second kappa shape index (κ2) is 9.77. The topological polar surface area (TPSA) is 61.4 Å². The number of thiophene rings is 1. The van der Waals surface area contributed by atoms with E-state index in [0.717, 1.165) is 36.0 Å². The zero-order chi connectivity index (χ0) is 21.8. The van der Waals surface area contributed by atoms with Crippen molar-refractivity contribution < 1.29 is 9.59 Å². The lowest BCUT2D eigenvalue weighted by Gasteiger charge is -2.20. The number of likely N-dealkylation sites (tertiary alicyclic amines) is 1. The molecule has 31 heavy (non-hydrogen) atoms. The van der Waals surface area contributed by atoms with Gasteiger partial charge >= 0.3 is 0 Å². The van der Waals surface area contributed by atoms with Gasteiger partial charge in [0.25, 0.3) is 11.8 Å². The fourth-order valence-electron chi connectivity index (χ4n) is 3.63. The maximum atomic E-state index is 12.7. The average molecular weight is 472 g/mol. The molecule has 0 aliphatic carbocycles. The molecule has 1 fully saturated rings. The molecule has 2 heterocycles. The molecule has 8 heteroatoms. The molecule has 0 spiro atoms. The van der Waals surface area contributed by atoms with Gasteiger partial charge < -0.3 is 10.2 Å². The van der Waals surface area contributed by atoms with Crippen molar-refractivity contribution in [3.63, 3.8) is 0 Å². The summed E-state index contributed by atoms with van der Waals surface area (Å²) in [6, 6.07) is 14.7. The van der Waals surface area contributed by atoms with Crippen molar-refractivity contribution in [2.24, 2.45) is 0 Å². The minimum atomic E-state index is -0.350. The Bertz CT molecular complexity index is 1120. The summed E-state index contributed by atoms with van der Waals surface area (Å²) in [5, 5.41) is 7.11. The molecule has 1 aliphatic rings. The van der Waals surface area contributed by atoms with Crippen LogP contribution in [0.25, 0.3) is 10.1 Å². The Morgan fingerprint density at radius 3 is 2.32 bits per heavy atom. The number of carbonyl (C=O) groups excluding carboxylic acids is 2. The Morgan fingerprint density at radius 1 is 0.968 bits per heavy atom. The maximum Gasteiger partial charge on any atom is 0.269 e. The predicted octanol–water partition coefficient (Wildman–Crippen LogP) is 5.70. The molecular weight excluding hydrogens is 450 g/mol. The monoisotopic (exact) mass is 471 g/mol. The molecule has 0 radical (unpaired) electrons. The second-order valence-corrected chi connectivity index (χ2v) is 9.27. The Morgan fingerprint density at radius 2 is 1.65 bits per heavy atom. The number of hydrogen-bond donors (Lipinski definition) is 2. The van der Waals surface area contributed by atoms with Gasteiger partial charge in [0.1, 0.15) is 4.88 Å². The molecule has 0 unspecified atom stereocenters. The highest BCUT2D eigenvalue weighted by Gasteiger charge is 2.19. The van der Waals surface area contributed by atoms with Crippen LogP contribution in [0.5, 0.6) is 0 Å². The third kappa shape index (κ3) is 5.06. The zero-order valence-electron chi connectivity index (χ0n) is 16.8. The molecule has 5 nitrogen and oxygen atoms in total. The van der Waals surface area contributed by atoms with Crippen molar-refractivity contribution in [2.45, 2.75) is 25.7 Å². The smallest absolute Gasteiger partial charge is 0.269 e. The molecule has 2 amide bonds. The van der Waals surface area contributed by atoms with Gasteiger partial charge in [-0.05, 0) is 55.4 Å². The standard InChI is InChI=1S/C23H22ClN3O2S2/c24-19-17-7-3-4-8-18(17)31-20(19)21(28)26-23(30)25-16-11-9-15(10-12-16)22(29)27-13-5-1-2-6-14-27/h3-4,7-12H,1-2,5-6,13-14H2,(H2,25,26,28,30). The van der Waals surface area contributed by atoms with Crippen LogP contribution in [-0.2, 0) is 0 Å². The van der Waals surface area contributed by atoms with Crippen LogP contribution in [0, 0.1) is 0 Å². The molecule has 2 N–H and O–H groups in total. The first-order valence-electron chi connectivity index (χ1n) is 10.2. The van der Waals surface area contributed by atoms with E-state index < -0.39 is 0 Å². The van der Waals surface area contributed by atoms with Crippen LogP contribution in [0.4, 0.5) is 5.69 Å². The summed E-state index contributed by atoms with van der Waals surface area (Å²) >= 11 is 13.0. The summed E-state index contributed by atoms with van der Waals surface area (Å²) < 4.78 is 0.946. The number of fused-ring (bicyclic) bond motifs is 1. The Balaban J connectivity index is 1.37. The van der Waals surface area contributed by atoms with Gasteiger partial charge in [-0.2, -0.15) is 0 Å². The summed E-state index contributed by atoms with van der Waals surface area (Å²) in [4.78, 5) is 27.7. The molecule has 0 bridgehead atoms. The van der Waals surface area contributed by atoms with Crippen LogP contribution in [0.15, 0.2) is 48.5 Å². The number of hydrogen-bond acceptors (Lipinski definition) is 4. The van der Waals surface area contributed by atoms with E-state index in [-0.39, 0.29) is 16.9 Å². The van der Waals surface area contributed by atoms with Crippen molar-refractivity contribution >= 4 is 67.9 Å². The van der Waals surface area contributed by atoms with E-state index in [2.05, 4.69) is 10.6 Å². The molecule has 3 aromatic rings. The number of thiocarbonyl (C=S) groups is 1. The summed E-state index contributed by atoms with van der Waals surface area (Å²) in [7, 11) is 0. The lowest BCUT2D eigenvalue weighted by atomic mass is 10.1. The summed E-state index contributed by atoms with van der Waals surface area (Å²) in [6.45, 7) is 1.63. The lowest BCUT2D eigenvalue weighted by molar-refractivity contribution is 0.0761. The highest BCUT2D eigenvalue weighted by molar-refractivity contribution is 7.80. The minimum Gasteiger partial charge on any atom is -0.339 e. The molecular formula is C23H22ClN3O2S2. The zero-order valence-corrected chi connectivity index (χ0v) is 19.2. The van der Waals surface area contributed by atoms with Gasteiger partial charge in [-0.25, -0.2) is 0 Å². The van der Waals surface area contributed by atoms with E-state index in [9.17, 15) is 9.59 Å². The summed E-state index contributed by atoms with van der Waals surface area (Å²) in [6.07, 6.45) is 4.48. The van der Waals surface area contributed by atoms with Gasteiger partial charge in [0.05, 0.1) is 5.02 Å².